The van der Waals surface area contributed by atoms with Crippen LogP contribution in [-0.2, 0) is 0 Å². The van der Waals surface area contributed by atoms with E-state index in [1.807, 2.05) is 56.3 Å². The summed E-state index contributed by atoms with van der Waals surface area (Å²) in [6.07, 6.45) is 1.63. The number of hydrogen-bond acceptors (Lipinski definition) is 3. The summed E-state index contributed by atoms with van der Waals surface area (Å²) in [5.41, 5.74) is 7.11. The lowest BCUT2D eigenvalue weighted by molar-refractivity contribution is 0.0929. The average Bonchev–Trinajstić information content (AvgIpc) is 3.24. The fourth-order valence-corrected chi connectivity index (χ4v) is 4.77. The highest BCUT2D eigenvalue weighted by molar-refractivity contribution is 9.11. The Morgan fingerprint density at radius 1 is 1.13 bits per heavy atom. The second-order valence-corrected chi connectivity index (χ2v) is 8.96. The Morgan fingerprint density at radius 3 is 2.60 bits per heavy atom. The van der Waals surface area contributed by atoms with Gasteiger partial charge in [0.15, 0.2) is 5.76 Å². The van der Waals surface area contributed by atoms with Gasteiger partial charge in [-0.05, 0) is 78.3 Å². The Morgan fingerprint density at radius 2 is 1.87 bits per heavy atom. The molecular formula is C22H16Br2ClN3O2. The first-order chi connectivity index (χ1) is 14.3. The number of hydrazone groups is 1. The van der Waals surface area contributed by atoms with Gasteiger partial charge in [-0.25, -0.2) is 5.43 Å². The molecule has 0 atom stereocenters. The fourth-order valence-electron chi connectivity index (χ4n) is 3.31. The Labute approximate surface area is 195 Å². The van der Waals surface area contributed by atoms with Crippen LogP contribution in [0.5, 0.6) is 0 Å². The Balaban J connectivity index is 1.53. The maximum absolute atomic E-state index is 12.4. The predicted octanol–water partition coefficient (Wildman–Crippen LogP) is 6.78. The second kappa shape index (κ2) is 8.41. The molecule has 152 valence electrons. The van der Waals surface area contributed by atoms with Crippen molar-refractivity contribution in [3.8, 4) is 5.69 Å². The van der Waals surface area contributed by atoms with Crippen molar-refractivity contribution in [3.05, 3.63) is 85.2 Å². The first-order valence-electron chi connectivity index (χ1n) is 9.00. The minimum Gasteiger partial charge on any atom is -0.450 e. The smallest absolute Gasteiger partial charge is 0.307 e. The quantitative estimate of drug-likeness (QED) is 0.225. The van der Waals surface area contributed by atoms with E-state index in [1.54, 1.807) is 12.3 Å². The van der Waals surface area contributed by atoms with Crippen LogP contribution in [0.2, 0.25) is 5.02 Å². The number of halogens is 3. The fraction of sp³-hybridized carbons (Fsp3) is 0.0909. The van der Waals surface area contributed by atoms with E-state index in [-0.39, 0.29) is 5.76 Å². The maximum Gasteiger partial charge on any atom is 0.307 e. The first kappa shape index (κ1) is 20.9. The van der Waals surface area contributed by atoms with E-state index >= 15 is 0 Å². The summed E-state index contributed by atoms with van der Waals surface area (Å²) in [5.74, 6) is -0.232. The van der Waals surface area contributed by atoms with Gasteiger partial charge in [-0.1, -0.05) is 27.5 Å². The molecule has 0 saturated heterocycles. The molecule has 4 aromatic rings. The van der Waals surface area contributed by atoms with Crippen molar-refractivity contribution < 1.29 is 9.21 Å². The first-order valence-corrected chi connectivity index (χ1v) is 11.0. The average molecular weight is 550 g/mol. The molecule has 0 aliphatic carbocycles. The number of aromatic nitrogens is 1. The number of fused-ring (bicyclic) bond motifs is 1. The van der Waals surface area contributed by atoms with Gasteiger partial charge in [-0.15, -0.1) is 0 Å². The van der Waals surface area contributed by atoms with Gasteiger partial charge in [-0.2, -0.15) is 5.10 Å². The summed E-state index contributed by atoms with van der Waals surface area (Å²) < 4.78 is 9.43. The third-order valence-electron chi connectivity index (χ3n) is 4.68. The molecular weight excluding hydrogens is 534 g/mol. The van der Waals surface area contributed by atoms with E-state index in [9.17, 15) is 4.79 Å². The molecule has 0 aliphatic heterocycles. The van der Waals surface area contributed by atoms with Gasteiger partial charge in [0, 0.05) is 37.5 Å². The van der Waals surface area contributed by atoms with Crippen LogP contribution in [0.4, 0.5) is 0 Å². The largest absolute Gasteiger partial charge is 0.450 e. The molecule has 0 aliphatic rings. The third kappa shape index (κ3) is 4.10. The van der Waals surface area contributed by atoms with Crippen LogP contribution in [0.3, 0.4) is 0 Å². The number of amides is 1. The number of aryl methyl sites for hydroxylation is 1. The maximum atomic E-state index is 12.4. The minimum absolute atomic E-state index is 0.188. The van der Waals surface area contributed by atoms with Gasteiger partial charge >= 0.3 is 5.91 Å². The van der Waals surface area contributed by atoms with Crippen LogP contribution in [-0.4, -0.2) is 16.7 Å². The number of hydrogen-bond donors (Lipinski definition) is 1. The summed E-state index contributed by atoms with van der Waals surface area (Å²) in [7, 11) is 0. The molecule has 2 aromatic carbocycles. The number of nitrogens with one attached hydrogen (secondary N) is 1. The molecule has 1 amide bonds. The molecule has 2 aromatic heterocycles. The zero-order valence-corrected chi connectivity index (χ0v) is 20.0. The normalized spacial score (nSPS) is 11.5. The molecule has 0 unspecified atom stereocenters. The number of furan rings is 1. The molecule has 8 heteroatoms. The summed E-state index contributed by atoms with van der Waals surface area (Å²) >= 11 is 12.9. The van der Waals surface area contributed by atoms with E-state index in [1.165, 1.54) is 0 Å². The van der Waals surface area contributed by atoms with Gasteiger partial charge < -0.3 is 8.98 Å². The molecule has 2 heterocycles. The number of rotatable bonds is 4. The van der Waals surface area contributed by atoms with Gasteiger partial charge in [0.1, 0.15) is 5.58 Å². The van der Waals surface area contributed by atoms with Crippen LogP contribution >= 0.6 is 43.5 Å². The summed E-state index contributed by atoms with van der Waals surface area (Å²) in [5, 5.41) is 5.62. The molecule has 0 saturated carbocycles. The number of carbonyl (C=O) groups excluding carboxylic acids is 1. The summed E-state index contributed by atoms with van der Waals surface area (Å²) in [6, 6.07) is 15.1. The second-order valence-electron chi connectivity index (χ2n) is 6.75. The van der Waals surface area contributed by atoms with E-state index in [0.717, 1.165) is 37.0 Å². The highest BCUT2D eigenvalue weighted by atomic mass is 79.9. The van der Waals surface area contributed by atoms with Gasteiger partial charge in [0.2, 0.25) is 0 Å². The lowest BCUT2D eigenvalue weighted by Crippen LogP contribution is -2.16. The molecule has 0 bridgehead atoms. The van der Waals surface area contributed by atoms with E-state index in [4.69, 9.17) is 16.0 Å². The monoisotopic (exact) mass is 547 g/mol. The van der Waals surface area contributed by atoms with Crippen LogP contribution in [0.1, 0.15) is 27.5 Å². The zero-order chi connectivity index (χ0) is 21.4. The highest BCUT2D eigenvalue weighted by Gasteiger charge is 2.14. The Kier molecular flexibility index (Phi) is 5.86. The lowest BCUT2D eigenvalue weighted by Gasteiger charge is -2.09. The van der Waals surface area contributed by atoms with E-state index in [0.29, 0.717) is 10.6 Å². The zero-order valence-electron chi connectivity index (χ0n) is 16.0. The van der Waals surface area contributed by atoms with Crippen LogP contribution < -0.4 is 5.43 Å². The molecule has 0 spiro atoms. The third-order valence-corrected chi connectivity index (χ3v) is 5.98. The summed E-state index contributed by atoms with van der Waals surface area (Å²) in [4.78, 5) is 12.4. The standard InChI is InChI=1S/C22H16Br2ClN3O2/c1-12-7-15(13(2)28(12)18-5-3-17(25)4-6-18)11-26-27-22(29)20-9-14-8-16(23)10-19(24)21(14)30-20/h3-11H,1-2H3,(H,27,29)/b26-11+. The van der Waals surface area contributed by atoms with Crippen molar-refractivity contribution in [2.75, 3.05) is 0 Å². The molecule has 0 radical (unpaired) electrons. The SMILES string of the molecule is Cc1cc(/C=N/NC(=O)c2cc3cc(Br)cc(Br)c3o2)c(C)n1-c1ccc(Cl)cc1. The van der Waals surface area contributed by atoms with Crippen molar-refractivity contribution >= 4 is 66.6 Å². The molecule has 0 fully saturated rings. The topological polar surface area (TPSA) is 59.5 Å². The minimum atomic E-state index is -0.419. The van der Waals surface area contributed by atoms with Crippen molar-refractivity contribution in [3.63, 3.8) is 0 Å². The highest BCUT2D eigenvalue weighted by Crippen LogP contribution is 2.31. The van der Waals surface area contributed by atoms with E-state index < -0.39 is 5.91 Å². The van der Waals surface area contributed by atoms with Crippen LogP contribution in [0.25, 0.3) is 16.7 Å². The lowest BCUT2D eigenvalue weighted by atomic mass is 10.2. The van der Waals surface area contributed by atoms with Gasteiger partial charge in [-0.3, -0.25) is 4.79 Å². The van der Waals surface area contributed by atoms with Crippen LogP contribution in [0, 0.1) is 13.8 Å². The molecule has 5 nitrogen and oxygen atoms in total. The van der Waals surface area contributed by atoms with Crippen molar-refractivity contribution in [1.82, 2.24) is 9.99 Å². The van der Waals surface area contributed by atoms with E-state index in [2.05, 4.69) is 47.0 Å². The predicted molar refractivity (Wildman–Crippen MR) is 127 cm³/mol. The van der Waals surface area contributed by atoms with Crippen LogP contribution in [0.15, 0.2) is 67.0 Å². The molecule has 4 rings (SSSR count). The summed E-state index contributed by atoms with van der Waals surface area (Å²) in [6.45, 7) is 4.02. The van der Waals surface area contributed by atoms with Gasteiger partial charge in [0.25, 0.3) is 0 Å². The Bertz CT molecular complexity index is 1290. The molecule has 30 heavy (non-hydrogen) atoms. The number of benzene rings is 2. The molecule has 1 N–H and O–H groups in total. The van der Waals surface area contributed by atoms with Crippen molar-refractivity contribution in [1.29, 1.82) is 0 Å². The number of carbonyl (C=O) groups is 1. The Hall–Kier alpha value is -2.35. The van der Waals surface area contributed by atoms with Crippen molar-refractivity contribution in [2.24, 2.45) is 5.10 Å². The van der Waals surface area contributed by atoms with Gasteiger partial charge in [0.05, 0.1) is 10.7 Å². The number of nitrogens with zero attached hydrogens (tertiary/aromatic N) is 2. The van der Waals surface area contributed by atoms with Crippen molar-refractivity contribution in [2.45, 2.75) is 13.8 Å².